The number of rotatable bonds is 4. The van der Waals surface area contributed by atoms with Crippen LogP contribution in [-0.2, 0) is 6.54 Å². The lowest BCUT2D eigenvalue weighted by molar-refractivity contribution is 0.588. The topological polar surface area (TPSA) is 42.7 Å². The predicted octanol–water partition coefficient (Wildman–Crippen LogP) is 3.68. The molecule has 0 fully saturated rings. The average molecular weight is 345 g/mol. The number of nitrogens with zero attached hydrogens (tertiary/aromatic N) is 3. The summed E-state index contributed by atoms with van der Waals surface area (Å²) < 4.78 is 2.88. The Morgan fingerprint density at radius 3 is 2.76 bits per heavy atom. The first-order chi connectivity index (χ1) is 10.1. The van der Waals surface area contributed by atoms with Gasteiger partial charge in [-0.05, 0) is 45.8 Å². The van der Waals surface area contributed by atoms with Crippen LogP contribution in [0.1, 0.15) is 19.4 Å². The summed E-state index contributed by atoms with van der Waals surface area (Å²) in [5, 5.41) is 11.9. The summed E-state index contributed by atoms with van der Waals surface area (Å²) in [6, 6.07) is 14.7. The van der Waals surface area contributed by atoms with Crippen molar-refractivity contribution in [2.45, 2.75) is 26.4 Å². The number of aromatic nitrogens is 3. The van der Waals surface area contributed by atoms with Crippen molar-refractivity contribution in [3.63, 3.8) is 0 Å². The second kappa shape index (κ2) is 5.95. The summed E-state index contributed by atoms with van der Waals surface area (Å²) in [7, 11) is 0. The smallest absolute Gasteiger partial charge is 0.113 e. The molecule has 3 aromatic rings. The standard InChI is InChI=1S/C16H17BrN4/c1-11(2)18-10-12-7-8-15(13(17)9-12)21-16-6-4-3-5-14(16)19-20-21/h3-9,11,18H,10H2,1-2H3. The van der Waals surface area contributed by atoms with Gasteiger partial charge in [0, 0.05) is 17.1 Å². The van der Waals surface area contributed by atoms with Gasteiger partial charge in [0.15, 0.2) is 0 Å². The van der Waals surface area contributed by atoms with E-state index < -0.39 is 0 Å². The van der Waals surface area contributed by atoms with Crippen molar-refractivity contribution in [1.82, 2.24) is 20.3 Å². The van der Waals surface area contributed by atoms with E-state index >= 15 is 0 Å². The van der Waals surface area contributed by atoms with E-state index in [2.05, 4.69) is 63.6 Å². The number of para-hydroxylation sites is 1. The monoisotopic (exact) mass is 344 g/mol. The van der Waals surface area contributed by atoms with Crippen LogP contribution in [0.3, 0.4) is 0 Å². The van der Waals surface area contributed by atoms with Gasteiger partial charge in [0.2, 0.25) is 0 Å². The highest BCUT2D eigenvalue weighted by Gasteiger charge is 2.09. The number of fused-ring (bicyclic) bond motifs is 1. The number of benzene rings is 2. The van der Waals surface area contributed by atoms with Gasteiger partial charge in [-0.25, -0.2) is 4.68 Å². The van der Waals surface area contributed by atoms with Crippen LogP contribution >= 0.6 is 15.9 Å². The summed E-state index contributed by atoms with van der Waals surface area (Å²) in [6.45, 7) is 5.14. The summed E-state index contributed by atoms with van der Waals surface area (Å²) >= 11 is 3.64. The maximum Gasteiger partial charge on any atom is 0.113 e. The lowest BCUT2D eigenvalue weighted by Crippen LogP contribution is -2.21. The third-order valence-electron chi connectivity index (χ3n) is 3.31. The van der Waals surface area contributed by atoms with Gasteiger partial charge < -0.3 is 5.32 Å². The minimum atomic E-state index is 0.475. The first-order valence-electron chi connectivity index (χ1n) is 6.98. The molecule has 0 aliphatic rings. The van der Waals surface area contributed by atoms with Crippen molar-refractivity contribution in [1.29, 1.82) is 0 Å². The van der Waals surface area contributed by atoms with Crippen LogP contribution in [0.5, 0.6) is 0 Å². The molecule has 5 heteroatoms. The number of hydrogen-bond donors (Lipinski definition) is 1. The Hall–Kier alpha value is -1.72. The molecule has 0 amide bonds. The molecule has 4 nitrogen and oxygen atoms in total. The molecule has 0 saturated carbocycles. The highest BCUT2D eigenvalue weighted by Crippen LogP contribution is 2.25. The van der Waals surface area contributed by atoms with Crippen molar-refractivity contribution >= 4 is 27.0 Å². The quantitative estimate of drug-likeness (QED) is 0.784. The van der Waals surface area contributed by atoms with Gasteiger partial charge in [0.05, 0.1) is 11.2 Å². The van der Waals surface area contributed by atoms with Crippen LogP contribution in [0, 0.1) is 0 Å². The molecule has 108 valence electrons. The molecule has 0 radical (unpaired) electrons. The van der Waals surface area contributed by atoms with E-state index in [1.165, 1.54) is 5.56 Å². The van der Waals surface area contributed by atoms with Crippen LogP contribution in [0.25, 0.3) is 16.7 Å². The van der Waals surface area contributed by atoms with Crippen LogP contribution in [0.4, 0.5) is 0 Å². The van der Waals surface area contributed by atoms with Crippen LogP contribution in [-0.4, -0.2) is 21.0 Å². The Morgan fingerprint density at radius 1 is 1.19 bits per heavy atom. The molecule has 3 rings (SSSR count). The molecule has 2 aromatic carbocycles. The van der Waals surface area contributed by atoms with Crippen LogP contribution in [0.2, 0.25) is 0 Å². The molecule has 0 spiro atoms. The molecule has 0 aliphatic heterocycles. The van der Waals surface area contributed by atoms with E-state index in [0.717, 1.165) is 27.7 Å². The highest BCUT2D eigenvalue weighted by atomic mass is 79.9. The number of halogens is 1. The average Bonchev–Trinajstić information content (AvgIpc) is 2.89. The summed E-state index contributed by atoms with van der Waals surface area (Å²) in [4.78, 5) is 0. The molecule has 0 aliphatic carbocycles. The molecule has 0 unspecified atom stereocenters. The van der Waals surface area contributed by atoms with Gasteiger partial charge >= 0.3 is 0 Å². The second-order valence-corrected chi connectivity index (χ2v) is 6.17. The van der Waals surface area contributed by atoms with E-state index in [4.69, 9.17) is 0 Å². The molecule has 1 aromatic heterocycles. The van der Waals surface area contributed by atoms with E-state index in [0.29, 0.717) is 6.04 Å². The van der Waals surface area contributed by atoms with E-state index in [9.17, 15) is 0 Å². The zero-order valence-electron chi connectivity index (χ0n) is 12.0. The van der Waals surface area contributed by atoms with Crippen LogP contribution in [0.15, 0.2) is 46.9 Å². The zero-order chi connectivity index (χ0) is 14.8. The normalized spacial score (nSPS) is 11.4. The highest BCUT2D eigenvalue weighted by molar-refractivity contribution is 9.10. The lowest BCUT2D eigenvalue weighted by Gasteiger charge is -2.10. The second-order valence-electron chi connectivity index (χ2n) is 5.31. The summed E-state index contributed by atoms with van der Waals surface area (Å²) in [6.07, 6.45) is 0. The van der Waals surface area contributed by atoms with Crippen molar-refractivity contribution in [3.8, 4) is 5.69 Å². The molecule has 0 saturated heterocycles. The molecule has 0 bridgehead atoms. The van der Waals surface area contributed by atoms with Crippen molar-refractivity contribution in [2.24, 2.45) is 0 Å². The summed E-state index contributed by atoms with van der Waals surface area (Å²) in [5.41, 5.74) is 4.14. The molecule has 0 atom stereocenters. The van der Waals surface area contributed by atoms with Crippen molar-refractivity contribution in [3.05, 3.63) is 52.5 Å². The maximum atomic E-state index is 4.25. The zero-order valence-corrected chi connectivity index (χ0v) is 13.6. The third-order valence-corrected chi connectivity index (χ3v) is 3.94. The molecule has 1 heterocycles. The molecule has 1 N–H and O–H groups in total. The number of nitrogens with one attached hydrogen (secondary N) is 1. The molecular weight excluding hydrogens is 328 g/mol. The minimum Gasteiger partial charge on any atom is -0.310 e. The predicted molar refractivity (Wildman–Crippen MR) is 88.5 cm³/mol. The fraction of sp³-hybridized carbons (Fsp3) is 0.250. The minimum absolute atomic E-state index is 0.475. The molecular formula is C16H17BrN4. The lowest BCUT2D eigenvalue weighted by atomic mass is 10.2. The Morgan fingerprint density at radius 2 is 2.00 bits per heavy atom. The van der Waals surface area contributed by atoms with Gasteiger partial charge in [-0.3, -0.25) is 0 Å². The molecule has 21 heavy (non-hydrogen) atoms. The van der Waals surface area contributed by atoms with E-state index in [1.54, 1.807) is 0 Å². The third kappa shape index (κ3) is 2.99. The SMILES string of the molecule is CC(C)NCc1ccc(-n2nnc3ccccc32)c(Br)c1. The first-order valence-corrected chi connectivity index (χ1v) is 7.77. The van der Waals surface area contributed by atoms with Gasteiger partial charge in [-0.2, -0.15) is 0 Å². The Labute approximate surface area is 132 Å². The number of hydrogen-bond acceptors (Lipinski definition) is 3. The Kier molecular flexibility index (Phi) is 4.03. The van der Waals surface area contributed by atoms with Crippen molar-refractivity contribution in [2.75, 3.05) is 0 Å². The maximum absolute atomic E-state index is 4.25. The Bertz CT molecular complexity index is 764. The van der Waals surface area contributed by atoms with Gasteiger partial charge in [-0.1, -0.05) is 37.3 Å². The Balaban J connectivity index is 1.96. The van der Waals surface area contributed by atoms with Gasteiger partial charge in [0.25, 0.3) is 0 Å². The summed E-state index contributed by atoms with van der Waals surface area (Å²) in [5.74, 6) is 0. The largest absolute Gasteiger partial charge is 0.310 e. The van der Waals surface area contributed by atoms with E-state index in [-0.39, 0.29) is 0 Å². The van der Waals surface area contributed by atoms with Crippen LogP contribution < -0.4 is 5.32 Å². The first kappa shape index (κ1) is 14.2. The fourth-order valence-corrected chi connectivity index (χ4v) is 2.80. The van der Waals surface area contributed by atoms with E-state index in [1.807, 2.05) is 28.9 Å². The van der Waals surface area contributed by atoms with Gasteiger partial charge in [-0.15, -0.1) is 5.10 Å². The fourth-order valence-electron chi connectivity index (χ4n) is 2.20. The van der Waals surface area contributed by atoms with Gasteiger partial charge in [0.1, 0.15) is 5.52 Å². The van der Waals surface area contributed by atoms with Crippen molar-refractivity contribution < 1.29 is 0 Å².